The van der Waals surface area contributed by atoms with Crippen molar-refractivity contribution >= 4 is 0 Å². The maximum Gasteiger partial charge on any atom is 0.122 e. The molecule has 19 heavy (non-hydrogen) atoms. The van der Waals surface area contributed by atoms with Crippen molar-refractivity contribution in [1.29, 1.82) is 0 Å². The van der Waals surface area contributed by atoms with E-state index >= 15 is 0 Å². The van der Waals surface area contributed by atoms with Gasteiger partial charge in [0.25, 0.3) is 0 Å². The highest BCUT2D eigenvalue weighted by molar-refractivity contribution is 5.37. The molecule has 0 radical (unpaired) electrons. The van der Waals surface area contributed by atoms with Crippen LogP contribution in [0.1, 0.15) is 29.2 Å². The number of aryl methyl sites for hydroxylation is 2. The minimum atomic E-state index is 0.0754. The van der Waals surface area contributed by atoms with Gasteiger partial charge < -0.3 is 10.5 Å². The van der Waals surface area contributed by atoms with Crippen molar-refractivity contribution in [2.24, 2.45) is 5.73 Å². The lowest BCUT2D eigenvalue weighted by molar-refractivity contribution is 0.408. The molecule has 2 heteroatoms. The molecule has 0 heterocycles. The zero-order valence-corrected chi connectivity index (χ0v) is 11.6. The predicted molar refractivity (Wildman–Crippen MR) is 79.4 cm³/mol. The number of hydrogen-bond acceptors (Lipinski definition) is 2. The minimum absolute atomic E-state index is 0.0754. The Labute approximate surface area is 115 Å². The molecule has 1 atom stereocenters. The van der Waals surface area contributed by atoms with Gasteiger partial charge in [-0.15, -0.1) is 0 Å². The Balaban J connectivity index is 2.04. The van der Waals surface area contributed by atoms with Crippen molar-refractivity contribution in [2.45, 2.75) is 25.8 Å². The summed E-state index contributed by atoms with van der Waals surface area (Å²) in [6, 6.07) is 16.6. The first-order chi connectivity index (χ1) is 9.20. The second-order valence-corrected chi connectivity index (χ2v) is 4.87. The van der Waals surface area contributed by atoms with E-state index in [9.17, 15) is 0 Å². The molecule has 0 amide bonds. The van der Waals surface area contributed by atoms with Crippen LogP contribution in [-0.4, -0.2) is 7.11 Å². The quantitative estimate of drug-likeness (QED) is 0.885. The summed E-state index contributed by atoms with van der Waals surface area (Å²) in [5.74, 6) is 0.950. The number of hydrogen-bond donors (Lipinski definition) is 1. The van der Waals surface area contributed by atoms with E-state index in [0.29, 0.717) is 0 Å². The lowest BCUT2D eigenvalue weighted by Gasteiger charge is -2.14. The molecule has 0 aromatic heterocycles. The standard InChI is InChI=1S/C17H21NO/c1-13-8-11-17(19-2)15(12-13)9-10-16(18)14-6-4-3-5-7-14/h3-8,11-12,16H,9-10,18H2,1-2H3. The van der Waals surface area contributed by atoms with Crippen LogP contribution >= 0.6 is 0 Å². The van der Waals surface area contributed by atoms with Crippen LogP contribution in [0, 0.1) is 6.92 Å². The van der Waals surface area contributed by atoms with Crippen molar-refractivity contribution in [3.63, 3.8) is 0 Å². The van der Waals surface area contributed by atoms with Crippen LogP contribution in [0.3, 0.4) is 0 Å². The first-order valence-corrected chi connectivity index (χ1v) is 6.64. The highest BCUT2D eigenvalue weighted by Gasteiger charge is 2.08. The fourth-order valence-corrected chi connectivity index (χ4v) is 2.28. The van der Waals surface area contributed by atoms with Crippen LogP contribution in [-0.2, 0) is 6.42 Å². The van der Waals surface area contributed by atoms with Gasteiger partial charge in [-0.05, 0) is 37.0 Å². The van der Waals surface area contributed by atoms with Crippen LogP contribution in [0.2, 0.25) is 0 Å². The summed E-state index contributed by atoms with van der Waals surface area (Å²) in [6.07, 6.45) is 1.85. The SMILES string of the molecule is COc1ccc(C)cc1CCC(N)c1ccccc1. The summed E-state index contributed by atoms with van der Waals surface area (Å²) in [5.41, 5.74) is 9.90. The van der Waals surface area contributed by atoms with E-state index in [1.54, 1.807) is 7.11 Å². The number of methoxy groups -OCH3 is 1. The van der Waals surface area contributed by atoms with Crippen molar-refractivity contribution in [1.82, 2.24) is 0 Å². The first-order valence-electron chi connectivity index (χ1n) is 6.64. The van der Waals surface area contributed by atoms with Gasteiger partial charge in [-0.25, -0.2) is 0 Å². The fraction of sp³-hybridized carbons (Fsp3) is 0.294. The summed E-state index contributed by atoms with van der Waals surface area (Å²) in [6.45, 7) is 2.10. The zero-order chi connectivity index (χ0) is 13.7. The normalized spacial score (nSPS) is 12.2. The second kappa shape index (κ2) is 6.39. The maximum atomic E-state index is 6.23. The third-order valence-corrected chi connectivity index (χ3v) is 3.39. The monoisotopic (exact) mass is 255 g/mol. The molecule has 0 bridgehead atoms. The maximum absolute atomic E-state index is 6.23. The van der Waals surface area contributed by atoms with Gasteiger partial charge in [-0.3, -0.25) is 0 Å². The Bertz CT molecular complexity index is 522. The summed E-state index contributed by atoms with van der Waals surface area (Å²) in [5, 5.41) is 0. The van der Waals surface area contributed by atoms with Gasteiger partial charge in [-0.2, -0.15) is 0 Å². The number of benzene rings is 2. The molecule has 2 aromatic carbocycles. The lowest BCUT2D eigenvalue weighted by Crippen LogP contribution is -2.11. The van der Waals surface area contributed by atoms with Crippen molar-refractivity contribution in [3.8, 4) is 5.75 Å². The van der Waals surface area contributed by atoms with Crippen LogP contribution in [0.5, 0.6) is 5.75 Å². The van der Waals surface area contributed by atoms with Gasteiger partial charge in [0, 0.05) is 6.04 Å². The number of rotatable bonds is 5. The van der Waals surface area contributed by atoms with Crippen molar-refractivity contribution in [2.75, 3.05) is 7.11 Å². The second-order valence-electron chi connectivity index (χ2n) is 4.87. The molecule has 2 aromatic rings. The van der Waals surface area contributed by atoms with Gasteiger partial charge in [0.1, 0.15) is 5.75 Å². The predicted octanol–water partition coefficient (Wildman–Crippen LogP) is 3.64. The molecular formula is C17H21NO. The summed E-state index contributed by atoms with van der Waals surface area (Å²) < 4.78 is 5.40. The average Bonchev–Trinajstić information content (AvgIpc) is 2.46. The van der Waals surface area contributed by atoms with Crippen molar-refractivity contribution < 1.29 is 4.74 Å². The van der Waals surface area contributed by atoms with E-state index in [-0.39, 0.29) is 6.04 Å². The van der Waals surface area contributed by atoms with Crippen LogP contribution in [0.4, 0.5) is 0 Å². The molecule has 0 aliphatic carbocycles. The van der Waals surface area contributed by atoms with Gasteiger partial charge in [-0.1, -0.05) is 48.0 Å². The van der Waals surface area contributed by atoms with Gasteiger partial charge in [0.2, 0.25) is 0 Å². The average molecular weight is 255 g/mol. The first kappa shape index (κ1) is 13.6. The minimum Gasteiger partial charge on any atom is -0.496 e. The van der Waals surface area contributed by atoms with E-state index < -0.39 is 0 Å². The molecular weight excluding hydrogens is 234 g/mol. The third kappa shape index (κ3) is 3.58. The van der Waals surface area contributed by atoms with Crippen LogP contribution in [0.25, 0.3) is 0 Å². The molecule has 0 saturated heterocycles. The molecule has 2 nitrogen and oxygen atoms in total. The largest absolute Gasteiger partial charge is 0.496 e. The summed E-state index contributed by atoms with van der Waals surface area (Å²) >= 11 is 0. The Morgan fingerprint density at radius 1 is 1.11 bits per heavy atom. The smallest absolute Gasteiger partial charge is 0.122 e. The fourth-order valence-electron chi connectivity index (χ4n) is 2.28. The molecule has 2 rings (SSSR count). The Hall–Kier alpha value is -1.80. The van der Waals surface area contributed by atoms with Gasteiger partial charge in [0.05, 0.1) is 7.11 Å². The highest BCUT2D eigenvalue weighted by atomic mass is 16.5. The molecule has 0 saturated carbocycles. The van der Waals surface area contributed by atoms with E-state index in [4.69, 9.17) is 10.5 Å². The molecule has 0 spiro atoms. The highest BCUT2D eigenvalue weighted by Crippen LogP contribution is 2.24. The third-order valence-electron chi connectivity index (χ3n) is 3.39. The van der Waals surface area contributed by atoms with Crippen LogP contribution in [0.15, 0.2) is 48.5 Å². The van der Waals surface area contributed by atoms with E-state index in [1.807, 2.05) is 24.3 Å². The Morgan fingerprint density at radius 3 is 2.53 bits per heavy atom. The molecule has 0 fully saturated rings. The zero-order valence-electron chi connectivity index (χ0n) is 11.6. The Morgan fingerprint density at radius 2 is 1.84 bits per heavy atom. The van der Waals surface area contributed by atoms with E-state index in [1.165, 1.54) is 16.7 Å². The molecule has 100 valence electrons. The number of ether oxygens (including phenoxy) is 1. The lowest BCUT2D eigenvalue weighted by atomic mass is 9.98. The molecule has 2 N–H and O–H groups in total. The molecule has 1 unspecified atom stereocenters. The van der Waals surface area contributed by atoms with Crippen molar-refractivity contribution in [3.05, 3.63) is 65.2 Å². The van der Waals surface area contributed by atoms with E-state index in [2.05, 4.69) is 31.2 Å². The topological polar surface area (TPSA) is 35.2 Å². The van der Waals surface area contributed by atoms with Gasteiger partial charge in [0.15, 0.2) is 0 Å². The van der Waals surface area contributed by atoms with Crippen LogP contribution < -0.4 is 10.5 Å². The Kier molecular flexibility index (Phi) is 4.58. The van der Waals surface area contributed by atoms with E-state index in [0.717, 1.165) is 18.6 Å². The summed E-state index contributed by atoms with van der Waals surface area (Å²) in [7, 11) is 1.71. The summed E-state index contributed by atoms with van der Waals surface area (Å²) in [4.78, 5) is 0. The van der Waals surface area contributed by atoms with Gasteiger partial charge >= 0.3 is 0 Å². The molecule has 0 aliphatic rings. The number of nitrogens with two attached hydrogens (primary N) is 1. The molecule has 0 aliphatic heterocycles.